The van der Waals surface area contributed by atoms with Crippen molar-refractivity contribution in [3.63, 3.8) is 0 Å². The molecule has 1 aromatic rings. The van der Waals surface area contributed by atoms with Crippen LogP contribution in [0.2, 0.25) is 0 Å². The monoisotopic (exact) mass is 308 g/mol. The predicted octanol–water partition coefficient (Wildman–Crippen LogP) is 1.34. The molecule has 1 fully saturated rings. The third-order valence-electron chi connectivity index (χ3n) is 3.59. The van der Waals surface area contributed by atoms with E-state index in [1.54, 1.807) is 20.3 Å². The Balaban J connectivity index is 1.68. The minimum atomic E-state index is -0.0245. The number of benzene rings is 1. The molecule has 0 saturated carbocycles. The first kappa shape index (κ1) is 16.4. The van der Waals surface area contributed by atoms with Gasteiger partial charge in [0.1, 0.15) is 17.2 Å². The van der Waals surface area contributed by atoms with E-state index in [0.717, 1.165) is 25.8 Å². The van der Waals surface area contributed by atoms with E-state index in [0.29, 0.717) is 30.4 Å². The highest BCUT2D eigenvalue weighted by Gasteiger charge is 2.21. The summed E-state index contributed by atoms with van der Waals surface area (Å²) < 4.78 is 16.0. The second-order valence-electron chi connectivity index (χ2n) is 5.19. The molecule has 22 heavy (non-hydrogen) atoms. The quantitative estimate of drug-likeness (QED) is 0.709. The molecule has 1 heterocycles. The Hall–Kier alpha value is -1.95. The van der Waals surface area contributed by atoms with Gasteiger partial charge in [0.15, 0.2) is 0 Å². The normalized spacial score (nSPS) is 17.1. The largest absolute Gasteiger partial charge is 0.496 e. The van der Waals surface area contributed by atoms with Gasteiger partial charge < -0.3 is 24.8 Å². The maximum Gasteiger partial charge on any atom is 0.237 e. The molecule has 1 unspecified atom stereocenters. The fourth-order valence-electron chi connectivity index (χ4n) is 2.37. The predicted molar refractivity (Wildman–Crippen MR) is 83.7 cm³/mol. The van der Waals surface area contributed by atoms with E-state index in [4.69, 9.17) is 14.2 Å². The average Bonchev–Trinajstić information content (AvgIpc) is 3.08. The van der Waals surface area contributed by atoms with Crippen LogP contribution in [-0.2, 0) is 4.79 Å². The highest BCUT2D eigenvalue weighted by molar-refractivity contribution is 5.81. The number of carbonyl (C=O) groups is 1. The van der Waals surface area contributed by atoms with Crippen LogP contribution >= 0.6 is 0 Å². The van der Waals surface area contributed by atoms with Gasteiger partial charge >= 0.3 is 0 Å². The summed E-state index contributed by atoms with van der Waals surface area (Å²) in [6, 6.07) is 5.39. The second-order valence-corrected chi connectivity index (χ2v) is 5.19. The van der Waals surface area contributed by atoms with Gasteiger partial charge in [-0.15, -0.1) is 0 Å². The number of hydrogen-bond acceptors (Lipinski definition) is 5. The van der Waals surface area contributed by atoms with Crippen molar-refractivity contribution in [2.75, 3.05) is 33.9 Å². The fraction of sp³-hybridized carbons (Fsp3) is 0.562. The fourth-order valence-corrected chi connectivity index (χ4v) is 2.37. The van der Waals surface area contributed by atoms with Crippen LogP contribution in [0, 0.1) is 0 Å². The zero-order valence-electron chi connectivity index (χ0n) is 13.2. The van der Waals surface area contributed by atoms with Crippen molar-refractivity contribution in [2.24, 2.45) is 0 Å². The van der Waals surface area contributed by atoms with Crippen molar-refractivity contribution in [1.82, 2.24) is 10.6 Å². The van der Waals surface area contributed by atoms with Crippen molar-refractivity contribution in [1.29, 1.82) is 0 Å². The highest BCUT2D eigenvalue weighted by Crippen LogP contribution is 2.27. The first-order valence-electron chi connectivity index (χ1n) is 7.60. The lowest BCUT2D eigenvalue weighted by atomic mass is 10.2. The van der Waals surface area contributed by atoms with Gasteiger partial charge in [0.25, 0.3) is 0 Å². The van der Waals surface area contributed by atoms with Gasteiger partial charge in [-0.25, -0.2) is 0 Å². The van der Waals surface area contributed by atoms with Gasteiger partial charge in [-0.1, -0.05) is 0 Å². The topological polar surface area (TPSA) is 68.8 Å². The zero-order valence-corrected chi connectivity index (χ0v) is 13.2. The lowest BCUT2D eigenvalue weighted by Crippen LogP contribution is -2.40. The summed E-state index contributed by atoms with van der Waals surface area (Å²) in [5.41, 5.74) is 0. The second kappa shape index (κ2) is 8.48. The number of carbonyl (C=O) groups excluding carboxylic acids is 1. The lowest BCUT2D eigenvalue weighted by molar-refractivity contribution is -0.122. The van der Waals surface area contributed by atoms with Crippen LogP contribution in [0.25, 0.3) is 0 Å². The average molecular weight is 308 g/mol. The number of hydrogen-bond donors (Lipinski definition) is 2. The van der Waals surface area contributed by atoms with Gasteiger partial charge in [-0.05, 0) is 25.8 Å². The van der Waals surface area contributed by atoms with E-state index in [1.165, 1.54) is 0 Å². The Morgan fingerprint density at radius 2 is 1.91 bits per heavy atom. The lowest BCUT2D eigenvalue weighted by Gasteiger charge is -2.12. The molecule has 0 radical (unpaired) electrons. The Kier molecular flexibility index (Phi) is 6.33. The summed E-state index contributed by atoms with van der Waals surface area (Å²) in [7, 11) is 3.20. The van der Waals surface area contributed by atoms with Crippen molar-refractivity contribution in [2.45, 2.75) is 25.3 Å². The number of rotatable bonds is 8. The van der Waals surface area contributed by atoms with Gasteiger partial charge in [0, 0.05) is 24.7 Å². The maximum absolute atomic E-state index is 11.8. The van der Waals surface area contributed by atoms with Crippen LogP contribution in [0.3, 0.4) is 0 Å². The molecule has 0 bridgehead atoms. The molecule has 1 saturated heterocycles. The van der Waals surface area contributed by atoms with Gasteiger partial charge in [-0.2, -0.15) is 0 Å². The van der Waals surface area contributed by atoms with E-state index in [9.17, 15) is 4.79 Å². The summed E-state index contributed by atoms with van der Waals surface area (Å²) >= 11 is 0. The maximum atomic E-state index is 11.8. The van der Waals surface area contributed by atoms with E-state index in [1.807, 2.05) is 12.1 Å². The minimum Gasteiger partial charge on any atom is -0.496 e. The number of nitrogens with one attached hydrogen (secondary N) is 2. The smallest absolute Gasteiger partial charge is 0.237 e. The van der Waals surface area contributed by atoms with Crippen molar-refractivity contribution in [3.05, 3.63) is 18.2 Å². The minimum absolute atomic E-state index is 0.0245. The van der Waals surface area contributed by atoms with Crippen LogP contribution in [-0.4, -0.2) is 45.9 Å². The van der Waals surface area contributed by atoms with Crippen LogP contribution < -0.4 is 24.8 Å². The molecular weight excluding hydrogens is 284 g/mol. The Labute approximate surface area is 131 Å². The van der Waals surface area contributed by atoms with Crippen LogP contribution in [0.4, 0.5) is 0 Å². The van der Waals surface area contributed by atoms with Crippen LogP contribution in [0.1, 0.15) is 19.3 Å². The van der Waals surface area contributed by atoms with Crippen LogP contribution in [0.5, 0.6) is 17.2 Å². The summed E-state index contributed by atoms with van der Waals surface area (Å²) in [6.45, 7) is 2.06. The van der Waals surface area contributed by atoms with E-state index < -0.39 is 0 Å². The van der Waals surface area contributed by atoms with Gasteiger partial charge in [0.05, 0.1) is 26.9 Å². The first-order chi connectivity index (χ1) is 10.7. The molecule has 6 heteroatoms. The third kappa shape index (κ3) is 4.80. The van der Waals surface area contributed by atoms with Crippen molar-refractivity contribution >= 4 is 5.91 Å². The molecule has 122 valence electrons. The SMILES string of the molecule is COc1cc(OC)cc(OCCCNC(=O)C2CCCN2)c1. The Morgan fingerprint density at radius 1 is 1.23 bits per heavy atom. The summed E-state index contributed by atoms with van der Waals surface area (Å²) in [4.78, 5) is 11.8. The first-order valence-corrected chi connectivity index (χ1v) is 7.60. The van der Waals surface area contributed by atoms with E-state index in [-0.39, 0.29) is 11.9 Å². The third-order valence-corrected chi connectivity index (χ3v) is 3.59. The molecule has 2 rings (SSSR count). The molecule has 1 amide bonds. The zero-order chi connectivity index (χ0) is 15.8. The van der Waals surface area contributed by atoms with Crippen LogP contribution in [0.15, 0.2) is 18.2 Å². The number of amides is 1. The highest BCUT2D eigenvalue weighted by atomic mass is 16.5. The van der Waals surface area contributed by atoms with Gasteiger partial charge in [-0.3, -0.25) is 4.79 Å². The standard InChI is InChI=1S/C16H24N2O4/c1-20-12-9-13(21-2)11-14(10-12)22-8-4-7-18-16(19)15-5-3-6-17-15/h9-11,15,17H,3-8H2,1-2H3,(H,18,19). The number of ether oxygens (including phenoxy) is 3. The molecule has 1 aliphatic heterocycles. The number of methoxy groups -OCH3 is 2. The Bertz CT molecular complexity index is 465. The van der Waals surface area contributed by atoms with E-state index in [2.05, 4.69) is 10.6 Å². The molecule has 1 atom stereocenters. The summed E-state index contributed by atoms with van der Waals surface area (Å²) in [5.74, 6) is 2.16. The molecule has 0 spiro atoms. The molecular formula is C16H24N2O4. The molecule has 0 aromatic heterocycles. The molecule has 1 aromatic carbocycles. The summed E-state index contributed by atoms with van der Waals surface area (Å²) in [6.07, 6.45) is 2.74. The molecule has 2 N–H and O–H groups in total. The Morgan fingerprint density at radius 3 is 2.50 bits per heavy atom. The molecule has 1 aliphatic rings. The van der Waals surface area contributed by atoms with Gasteiger partial charge in [0.2, 0.25) is 5.91 Å². The summed E-state index contributed by atoms with van der Waals surface area (Å²) in [5, 5.41) is 6.10. The molecule has 6 nitrogen and oxygen atoms in total. The van der Waals surface area contributed by atoms with Crippen molar-refractivity contribution in [3.8, 4) is 17.2 Å². The van der Waals surface area contributed by atoms with E-state index >= 15 is 0 Å². The van der Waals surface area contributed by atoms with Crippen molar-refractivity contribution < 1.29 is 19.0 Å². The molecule has 0 aliphatic carbocycles.